The molecule has 0 bridgehead atoms. The molecule has 0 heterocycles. The number of aliphatic hydroxyl groups is 3. The molecule has 12 nitrogen and oxygen atoms in total. The minimum absolute atomic E-state index is 0.137. The second-order valence-electron chi connectivity index (χ2n) is 6.42. The second kappa shape index (κ2) is 13.3. The van der Waals surface area contributed by atoms with Gasteiger partial charge in [0.1, 0.15) is 24.2 Å². The van der Waals surface area contributed by atoms with Gasteiger partial charge in [0.15, 0.2) is 0 Å². The molecule has 0 spiro atoms. The molecule has 29 heavy (non-hydrogen) atoms. The number of amides is 3. The molecule has 9 N–H and O–H groups in total. The van der Waals surface area contributed by atoms with Gasteiger partial charge in [-0.1, -0.05) is 0 Å². The fourth-order valence-electron chi connectivity index (χ4n) is 2.09. The molecule has 0 aromatic carbocycles. The van der Waals surface area contributed by atoms with Gasteiger partial charge in [0.05, 0.1) is 18.8 Å². The molecule has 0 fully saturated rings. The Bertz CT molecular complexity index is 575. The van der Waals surface area contributed by atoms with Crippen LogP contribution in [0.3, 0.4) is 0 Å². The number of carboxylic acid groups (broad SMARTS) is 1. The first kappa shape index (κ1) is 27.1. The van der Waals surface area contributed by atoms with Crippen LogP contribution in [-0.2, 0) is 19.2 Å². The maximum Gasteiger partial charge on any atom is 0.326 e. The van der Waals surface area contributed by atoms with Gasteiger partial charge >= 0.3 is 5.97 Å². The Balaban J connectivity index is 5.12. The van der Waals surface area contributed by atoms with E-state index in [1.165, 1.54) is 25.6 Å². The van der Waals surface area contributed by atoms with E-state index in [0.717, 1.165) is 0 Å². The number of carbonyl (C=O) groups is 4. The molecule has 6 unspecified atom stereocenters. The van der Waals surface area contributed by atoms with Crippen LogP contribution in [-0.4, -0.2) is 99.1 Å². The van der Waals surface area contributed by atoms with Crippen molar-refractivity contribution in [3.05, 3.63) is 0 Å². The molecular weight excluding hydrogens is 408 g/mol. The molecule has 0 saturated carbocycles. The van der Waals surface area contributed by atoms with Crippen LogP contribution < -0.4 is 21.7 Å². The Morgan fingerprint density at radius 3 is 1.90 bits per heavy atom. The summed E-state index contributed by atoms with van der Waals surface area (Å²) in [6.07, 6.45) is -0.697. The zero-order valence-corrected chi connectivity index (χ0v) is 17.3. The SMILES string of the molecule is CSCCC(NC(=O)C(CO)NC(=O)C(NC(=O)C(N)C(C)O)C(C)O)C(=O)O. The summed E-state index contributed by atoms with van der Waals surface area (Å²) in [5, 5.41) is 44.2. The summed E-state index contributed by atoms with van der Waals surface area (Å²) < 4.78 is 0. The van der Waals surface area contributed by atoms with Crippen LogP contribution in [0.2, 0.25) is 0 Å². The Morgan fingerprint density at radius 2 is 1.48 bits per heavy atom. The molecule has 0 aliphatic rings. The topological polar surface area (TPSA) is 211 Å². The van der Waals surface area contributed by atoms with Crippen molar-refractivity contribution in [2.24, 2.45) is 5.73 Å². The van der Waals surface area contributed by atoms with E-state index in [1.807, 2.05) is 0 Å². The van der Waals surface area contributed by atoms with Gasteiger partial charge in [-0.2, -0.15) is 11.8 Å². The summed E-state index contributed by atoms with van der Waals surface area (Å²) in [6, 6.07) is -5.60. The quantitative estimate of drug-likeness (QED) is 0.141. The van der Waals surface area contributed by atoms with Crippen molar-refractivity contribution in [1.82, 2.24) is 16.0 Å². The van der Waals surface area contributed by atoms with E-state index in [0.29, 0.717) is 5.75 Å². The van der Waals surface area contributed by atoms with Gasteiger partial charge in [-0.25, -0.2) is 4.79 Å². The number of aliphatic carboxylic acids is 1. The van der Waals surface area contributed by atoms with E-state index in [4.69, 9.17) is 10.8 Å². The van der Waals surface area contributed by atoms with Crippen LogP contribution in [0.4, 0.5) is 0 Å². The Labute approximate surface area is 172 Å². The summed E-state index contributed by atoms with van der Waals surface area (Å²) in [4.78, 5) is 47.8. The highest BCUT2D eigenvalue weighted by molar-refractivity contribution is 7.98. The number of nitrogens with two attached hydrogens (primary N) is 1. The fraction of sp³-hybridized carbons (Fsp3) is 0.750. The average Bonchev–Trinajstić information content (AvgIpc) is 2.65. The molecule has 0 aromatic heterocycles. The summed E-state index contributed by atoms with van der Waals surface area (Å²) in [7, 11) is 0. The normalized spacial score (nSPS) is 17.2. The first-order valence-electron chi connectivity index (χ1n) is 8.81. The molecule has 6 atom stereocenters. The van der Waals surface area contributed by atoms with Crippen LogP contribution in [0.25, 0.3) is 0 Å². The minimum Gasteiger partial charge on any atom is -0.480 e. The second-order valence-corrected chi connectivity index (χ2v) is 7.40. The number of thioether (sulfide) groups is 1. The van der Waals surface area contributed by atoms with Crippen LogP contribution in [0.1, 0.15) is 20.3 Å². The first-order chi connectivity index (χ1) is 13.5. The lowest BCUT2D eigenvalue weighted by Crippen LogP contribution is -2.61. The Kier molecular flexibility index (Phi) is 12.4. The molecule has 0 aliphatic heterocycles. The van der Waals surface area contributed by atoms with Crippen molar-refractivity contribution in [1.29, 1.82) is 0 Å². The van der Waals surface area contributed by atoms with Gasteiger partial charge in [-0.05, 0) is 32.3 Å². The highest BCUT2D eigenvalue weighted by atomic mass is 32.2. The van der Waals surface area contributed by atoms with Gasteiger partial charge in [0.25, 0.3) is 0 Å². The highest BCUT2D eigenvalue weighted by Gasteiger charge is 2.32. The average molecular weight is 439 g/mol. The molecule has 0 saturated heterocycles. The number of hydrogen-bond donors (Lipinski definition) is 8. The number of nitrogens with one attached hydrogen (secondary N) is 3. The number of hydrogen-bond acceptors (Lipinski definition) is 9. The van der Waals surface area contributed by atoms with E-state index in [2.05, 4.69) is 16.0 Å². The van der Waals surface area contributed by atoms with E-state index < -0.39 is 66.7 Å². The largest absolute Gasteiger partial charge is 0.480 e. The lowest BCUT2D eigenvalue weighted by atomic mass is 10.1. The molecule has 0 radical (unpaired) electrons. The lowest BCUT2D eigenvalue weighted by Gasteiger charge is -2.26. The Morgan fingerprint density at radius 1 is 0.931 bits per heavy atom. The molecule has 0 aromatic rings. The van der Waals surface area contributed by atoms with Crippen molar-refractivity contribution >= 4 is 35.5 Å². The van der Waals surface area contributed by atoms with Crippen LogP contribution in [0, 0.1) is 0 Å². The molecule has 3 amide bonds. The van der Waals surface area contributed by atoms with Crippen molar-refractivity contribution in [3.8, 4) is 0 Å². The maximum atomic E-state index is 12.4. The highest BCUT2D eigenvalue weighted by Crippen LogP contribution is 2.02. The van der Waals surface area contributed by atoms with Gasteiger partial charge in [0.2, 0.25) is 17.7 Å². The zero-order valence-electron chi connectivity index (χ0n) is 16.5. The number of rotatable bonds is 13. The summed E-state index contributed by atoms with van der Waals surface area (Å²) in [6.45, 7) is 1.62. The van der Waals surface area contributed by atoms with Gasteiger partial charge in [0, 0.05) is 0 Å². The van der Waals surface area contributed by atoms with Crippen molar-refractivity contribution in [2.45, 2.75) is 56.6 Å². The van der Waals surface area contributed by atoms with Crippen LogP contribution >= 0.6 is 11.8 Å². The van der Waals surface area contributed by atoms with Gasteiger partial charge < -0.3 is 42.1 Å². The van der Waals surface area contributed by atoms with E-state index in [-0.39, 0.29) is 6.42 Å². The minimum atomic E-state index is -1.53. The van der Waals surface area contributed by atoms with E-state index in [9.17, 15) is 34.5 Å². The smallest absolute Gasteiger partial charge is 0.326 e. The monoisotopic (exact) mass is 438 g/mol. The maximum absolute atomic E-state index is 12.4. The predicted octanol–water partition coefficient (Wildman–Crippen LogP) is -3.64. The van der Waals surface area contributed by atoms with Crippen molar-refractivity contribution in [3.63, 3.8) is 0 Å². The molecular formula is C16H30N4O8S. The van der Waals surface area contributed by atoms with E-state index in [1.54, 1.807) is 6.26 Å². The number of carboxylic acids is 1. The predicted molar refractivity (Wildman–Crippen MR) is 105 cm³/mol. The standard InChI is InChI=1S/C16H30N4O8S/c1-7(22)11(17)14(25)20-12(8(2)23)15(26)19-10(6-21)13(24)18-9(16(27)28)4-5-29-3/h7-12,21-23H,4-6,17H2,1-3H3,(H,18,24)(H,19,26)(H,20,25)(H,27,28). The number of aliphatic hydroxyl groups excluding tert-OH is 3. The van der Waals surface area contributed by atoms with Crippen molar-refractivity contribution < 1.29 is 39.6 Å². The molecule has 0 rings (SSSR count). The van der Waals surface area contributed by atoms with Crippen LogP contribution in [0.15, 0.2) is 0 Å². The third kappa shape index (κ3) is 9.41. The Hall–Kier alpha value is -1.93. The summed E-state index contributed by atoms with van der Waals surface area (Å²) >= 11 is 1.39. The number of carbonyl (C=O) groups excluding carboxylic acids is 3. The first-order valence-corrected chi connectivity index (χ1v) is 10.2. The summed E-state index contributed by atoms with van der Waals surface area (Å²) in [5.41, 5.74) is 5.47. The van der Waals surface area contributed by atoms with E-state index >= 15 is 0 Å². The van der Waals surface area contributed by atoms with Gasteiger partial charge in [-0.15, -0.1) is 0 Å². The van der Waals surface area contributed by atoms with Gasteiger partial charge in [-0.3, -0.25) is 14.4 Å². The fourth-order valence-corrected chi connectivity index (χ4v) is 2.57. The lowest BCUT2D eigenvalue weighted by molar-refractivity contribution is -0.142. The third-order valence-corrected chi connectivity index (χ3v) is 4.57. The summed E-state index contributed by atoms with van der Waals surface area (Å²) in [5.74, 6) is -3.65. The van der Waals surface area contributed by atoms with Crippen molar-refractivity contribution in [2.75, 3.05) is 18.6 Å². The molecule has 13 heteroatoms. The zero-order chi connectivity index (χ0) is 22.7. The molecule has 0 aliphatic carbocycles. The molecule has 168 valence electrons. The van der Waals surface area contributed by atoms with Crippen LogP contribution in [0.5, 0.6) is 0 Å². The third-order valence-electron chi connectivity index (χ3n) is 3.93.